The van der Waals surface area contributed by atoms with Crippen LogP contribution in [0.15, 0.2) is 18.2 Å². The fourth-order valence-corrected chi connectivity index (χ4v) is 1.49. The summed E-state index contributed by atoms with van der Waals surface area (Å²) >= 11 is 3.24. The van der Waals surface area contributed by atoms with Crippen molar-refractivity contribution in [3.8, 4) is 0 Å². The van der Waals surface area contributed by atoms with E-state index in [1.165, 1.54) is 18.2 Å². The molecule has 0 aliphatic rings. The zero-order valence-corrected chi connectivity index (χ0v) is 9.16. The van der Waals surface area contributed by atoms with Crippen molar-refractivity contribution in [2.45, 2.75) is 19.3 Å². The van der Waals surface area contributed by atoms with Crippen LogP contribution < -0.4 is 0 Å². The average molecular weight is 249 g/mol. The summed E-state index contributed by atoms with van der Waals surface area (Å²) in [6.07, 6.45) is 0. The van der Waals surface area contributed by atoms with Gasteiger partial charge in [-0.3, -0.25) is 0 Å². The minimum atomic E-state index is -0.518. The van der Waals surface area contributed by atoms with Crippen LogP contribution in [0.2, 0.25) is 0 Å². The molecule has 0 fully saturated rings. The van der Waals surface area contributed by atoms with Gasteiger partial charge in [0.15, 0.2) is 0 Å². The highest BCUT2D eigenvalue weighted by Gasteiger charge is 2.26. The molecule has 0 amide bonds. The fourth-order valence-electron chi connectivity index (χ4n) is 1.21. The van der Waals surface area contributed by atoms with Crippen molar-refractivity contribution in [2.75, 3.05) is 5.33 Å². The Balaban J connectivity index is 3.28. The van der Waals surface area contributed by atoms with E-state index in [-0.39, 0.29) is 5.56 Å². The van der Waals surface area contributed by atoms with E-state index < -0.39 is 17.0 Å². The molecular weight excluding hydrogens is 238 g/mol. The summed E-state index contributed by atoms with van der Waals surface area (Å²) in [6.45, 7) is 3.59. The predicted octanol–water partition coefficient (Wildman–Crippen LogP) is 3.64. The Morgan fingerprint density at radius 2 is 1.69 bits per heavy atom. The lowest BCUT2D eigenvalue weighted by atomic mass is 9.86. The largest absolute Gasteiger partial charge is 0.207 e. The maximum atomic E-state index is 13.3. The molecule has 0 atom stereocenters. The van der Waals surface area contributed by atoms with E-state index in [0.717, 1.165) is 0 Å². The van der Waals surface area contributed by atoms with Crippen LogP contribution >= 0.6 is 15.9 Å². The van der Waals surface area contributed by atoms with Crippen molar-refractivity contribution in [1.82, 2.24) is 0 Å². The van der Waals surface area contributed by atoms with Crippen LogP contribution in [-0.4, -0.2) is 5.33 Å². The summed E-state index contributed by atoms with van der Waals surface area (Å²) in [5.74, 6) is -0.964. The maximum absolute atomic E-state index is 13.3. The highest BCUT2D eigenvalue weighted by atomic mass is 79.9. The van der Waals surface area contributed by atoms with E-state index in [2.05, 4.69) is 15.9 Å². The molecule has 3 heteroatoms. The SMILES string of the molecule is CC(C)(CBr)c1c(F)cccc1F. The predicted molar refractivity (Wildman–Crippen MR) is 53.2 cm³/mol. The number of alkyl halides is 1. The van der Waals surface area contributed by atoms with Gasteiger partial charge in [-0.05, 0) is 12.1 Å². The lowest BCUT2D eigenvalue weighted by Crippen LogP contribution is -2.22. The Hall–Kier alpha value is -0.440. The minimum absolute atomic E-state index is 0.145. The van der Waals surface area contributed by atoms with Crippen molar-refractivity contribution in [3.63, 3.8) is 0 Å². The number of benzene rings is 1. The molecular formula is C10H11BrF2. The van der Waals surface area contributed by atoms with Crippen LogP contribution in [0.5, 0.6) is 0 Å². The molecule has 0 heterocycles. The Morgan fingerprint density at radius 3 is 2.08 bits per heavy atom. The Labute approximate surface area is 85.1 Å². The molecule has 0 saturated heterocycles. The molecule has 72 valence electrons. The summed E-state index contributed by atoms with van der Waals surface area (Å²) in [5, 5.41) is 0.526. The number of rotatable bonds is 2. The van der Waals surface area contributed by atoms with Crippen LogP contribution in [0.4, 0.5) is 8.78 Å². The molecule has 0 spiro atoms. The summed E-state index contributed by atoms with van der Waals surface area (Å²) in [6, 6.07) is 3.93. The minimum Gasteiger partial charge on any atom is -0.207 e. The lowest BCUT2D eigenvalue weighted by Gasteiger charge is -2.23. The fraction of sp³-hybridized carbons (Fsp3) is 0.400. The van der Waals surface area contributed by atoms with Crippen molar-refractivity contribution in [2.24, 2.45) is 0 Å². The van der Waals surface area contributed by atoms with Crippen LogP contribution in [0, 0.1) is 11.6 Å². The highest BCUT2D eigenvalue weighted by Crippen LogP contribution is 2.29. The van der Waals surface area contributed by atoms with Gasteiger partial charge in [0.2, 0.25) is 0 Å². The third-order valence-corrected chi connectivity index (χ3v) is 3.38. The first-order valence-corrected chi connectivity index (χ1v) is 5.11. The second-order valence-corrected chi connectivity index (χ2v) is 4.17. The smallest absolute Gasteiger partial charge is 0.129 e. The molecule has 13 heavy (non-hydrogen) atoms. The van der Waals surface area contributed by atoms with Gasteiger partial charge in [0.05, 0.1) is 0 Å². The molecule has 0 unspecified atom stereocenters. The number of halogens is 3. The van der Waals surface area contributed by atoms with Crippen molar-refractivity contribution in [1.29, 1.82) is 0 Å². The molecule has 1 aromatic carbocycles. The topological polar surface area (TPSA) is 0 Å². The number of hydrogen-bond acceptors (Lipinski definition) is 0. The third kappa shape index (κ3) is 2.08. The summed E-state index contributed by atoms with van der Waals surface area (Å²) in [7, 11) is 0. The van der Waals surface area contributed by atoms with Crippen molar-refractivity contribution >= 4 is 15.9 Å². The molecule has 0 radical (unpaired) electrons. The van der Waals surface area contributed by atoms with Gasteiger partial charge in [0.25, 0.3) is 0 Å². The van der Waals surface area contributed by atoms with E-state index in [0.29, 0.717) is 5.33 Å². The first-order valence-electron chi connectivity index (χ1n) is 3.99. The molecule has 0 bridgehead atoms. The van der Waals surface area contributed by atoms with Gasteiger partial charge < -0.3 is 0 Å². The van der Waals surface area contributed by atoms with Crippen LogP contribution in [0.3, 0.4) is 0 Å². The van der Waals surface area contributed by atoms with E-state index in [9.17, 15) is 8.78 Å². The molecule has 1 rings (SSSR count). The second-order valence-electron chi connectivity index (χ2n) is 3.61. The van der Waals surface area contributed by atoms with E-state index >= 15 is 0 Å². The van der Waals surface area contributed by atoms with Gasteiger partial charge in [-0.2, -0.15) is 0 Å². The van der Waals surface area contributed by atoms with Crippen LogP contribution in [0.1, 0.15) is 19.4 Å². The molecule has 0 aliphatic carbocycles. The van der Waals surface area contributed by atoms with Crippen molar-refractivity contribution in [3.05, 3.63) is 35.4 Å². The zero-order valence-electron chi connectivity index (χ0n) is 7.57. The third-order valence-electron chi connectivity index (χ3n) is 1.97. The summed E-state index contributed by atoms with van der Waals surface area (Å²) in [4.78, 5) is 0. The van der Waals surface area contributed by atoms with Crippen molar-refractivity contribution < 1.29 is 8.78 Å². The van der Waals surface area contributed by atoms with E-state index in [1.807, 2.05) is 0 Å². The van der Waals surface area contributed by atoms with Gasteiger partial charge in [-0.25, -0.2) is 8.78 Å². The van der Waals surface area contributed by atoms with Gasteiger partial charge in [-0.1, -0.05) is 35.8 Å². The van der Waals surface area contributed by atoms with Gasteiger partial charge >= 0.3 is 0 Å². The van der Waals surface area contributed by atoms with Gasteiger partial charge in [0, 0.05) is 16.3 Å². The monoisotopic (exact) mass is 248 g/mol. The molecule has 0 aliphatic heterocycles. The van der Waals surface area contributed by atoms with Crippen LogP contribution in [-0.2, 0) is 5.41 Å². The number of hydrogen-bond donors (Lipinski definition) is 0. The lowest BCUT2D eigenvalue weighted by molar-refractivity contribution is 0.482. The standard InChI is InChI=1S/C10H11BrF2/c1-10(2,6-11)9-7(12)4-3-5-8(9)13/h3-5H,6H2,1-2H3. The van der Waals surface area contributed by atoms with E-state index in [1.54, 1.807) is 13.8 Å². The zero-order chi connectivity index (χ0) is 10.1. The second kappa shape index (κ2) is 3.74. The van der Waals surface area contributed by atoms with E-state index in [4.69, 9.17) is 0 Å². The first-order chi connectivity index (χ1) is 5.99. The van der Waals surface area contributed by atoms with Gasteiger partial charge in [0.1, 0.15) is 11.6 Å². The quantitative estimate of drug-likeness (QED) is 0.702. The molecule has 0 N–H and O–H groups in total. The Kier molecular flexibility index (Phi) is 3.06. The highest BCUT2D eigenvalue weighted by molar-refractivity contribution is 9.09. The molecule has 0 aromatic heterocycles. The van der Waals surface area contributed by atoms with Crippen LogP contribution in [0.25, 0.3) is 0 Å². The van der Waals surface area contributed by atoms with Gasteiger partial charge in [-0.15, -0.1) is 0 Å². The average Bonchev–Trinajstić information content (AvgIpc) is 2.03. The Bertz CT molecular complexity index is 288. The molecule has 0 saturated carbocycles. The normalized spacial score (nSPS) is 11.8. The Morgan fingerprint density at radius 1 is 1.23 bits per heavy atom. The summed E-state index contributed by atoms with van der Waals surface area (Å²) in [5.41, 5.74) is -0.373. The maximum Gasteiger partial charge on any atom is 0.129 e. The first kappa shape index (κ1) is 10.6. The molecule has 0 nitrogen and oxygen atoms in total. The molecule has 1 aromatic rings. The summed E-state index contributed by atoms with van der Waals surface area (Å²) < 4.78 is 26.5.